The molecule has 1 aliphatic rings. The second-order valence-corrected chi connectivity index (χ2v) is 10.3. The largest absolute Gasteiger partial charge is 0.490 e. The molecule has 0 aromatic carbocycles. The Balaban J connectivity index is 2.01. The Labute approximate surface area is 174 Å². The van der Waals surface area contributed by atoms with Crippen molar-refractivity contribution in [2.75, 3.05) is 18.9 Å². The number of hydrogen-bond acceptors (Lipinski definition) is 11. The summed E-state index contributed by atoms with van der Waals surface area (Å²) < 4.78 is 52.0. The van der Waals surface area contributed by atoms with Gasteiger partial charge in [0.05, 0.1) is 24.8 Å². The van der Waals surface area contributed by atoms with Crippen LogP contribution in [0.4, 0.5) is 5.82 Å². The van der Waals surface area contributed by atoms with E-state index in [1.807, 2.05) is 0 Å². The lowest BCUT2D eigenvalue weighted by molar-refractivity contribution is -0.0242. The molecule has 2 rings (SSSR count). The summed E-state index contributed by atoms with van der Waals surface area (Å²) in [5, 5.41) is 0. The van der Waals surface area contributed by atoms with Gasteiger partial charge < -0.3 is 35.8 Å². The fourth-order valence-electron chi connectivity index (χ4n) is 2.42. The Bertz CT molecular complexity index is 1070. The number of hydrogen-bond donors (Lipinski definition) is 6. The average Bonchev–Trinajstić information content (AvgIpc) is 3.05. The topological polar surface area (TPSA) is 256 Å². The number of rotatable bonds is 8. The average molecular weight is 504 g/mol. The summed E-state index contributed by atoms with van der Waals surface area (Å²) in [5.41, 5.74) is 10.4. The number of phosphoric ester groups is 1. The lowest BCUT2D eigenvalue weighted by Crippen LogP contribution is -2.29. The number of nitrogen functional groups attached to an aromatic ring is 1. The van der Waals surface area contributed by atoms with Gasteiger partial charge in [0, 0.05) is 6.20 Å². The first-order valence-electron chi connectivity index (χ1n) is 8.23. The van der Waals surface area contributed by atoms with E-state index in [-0.39, 0.29) is 30.8 Å². The number of aromatic nitrogens is 2. The van der Waals surface area contributed by atoms with Crippen molar-refractivity contribution in [3.05, 3.63) is 22.2 Å². The molecule has 174 valence electrons. The smallest absolute Gasteiger partial charge is 0.382 e. The molecule has 0 aliphatic carbocycles. The van der Waals surface area contributed by atoms with Crippen molar-refractivity contribution in [1.82, 2.24) is 9.55 Å². The van der Waals surface area contributed by atoms with Crippen LogP contribution in [0.2, 0.25) is 0 Å². The number of phosphoric acid groups is 3. The van der Waals surface area contributed by atoms with E-state index in [9.17, 15) is 23.4 Å². The Morgan fingerprint density at radius 3 is 2.48 bits per heavy atom. The minimum absolute atomic E-state index is 0.0567. The van der Waals surface area contributed by atoms with Gasteiger partial charge in [0.15, 0.2) is 0 Å². The van der Waals surface area contributed by atoms with Crippen LogP contribution in [0.5, 0.6) is 0 Å². The van der Waals surface area contributed by atoms with Crippen molar-refractivity contribution in [3.63, 3.8) is 0 Å². The molecule has 0 spiro atoms. The van der Waals surface area contributed by atoms with Crippen molar-refractivity contribution >= 4 is 29.3 Å². The summed E-state index contributed by atoms with van der Waals surface area (Å²) in [6.45, 7) is -0.571. The van der Waals surface area contributed by atoms with Crippen molar-refractivity contribution in [3.8, 4) is 11.8 Å². The van der Waals surface area contributed by atoms with Gasteiger partial charge in [-0.1, -0.05) is 11.8 Å². The van der Waals surface area contributed by atoms with E-state index in [0.717, 1.165) is 4.57 Å². The molecule has 4 atom stereocenters. The molecule has 0 saturated carbocycles. The van der Waals surface area contributed by atoms with Crippen molar-refractivity contribution in [2.45, 2.75) is 25.2 Å². The van der Waals surface area contributed by atoms with Crippen molar-refractivity contribution < 1.29 is 51.2 Å². The lowest BCUT2D eigenvalue weighted by Gasteiger charge is -2.19. The van der Waals surface area contributed by atoms with Gasteiger partial charge >= 0.3 is 29.2 Å². The van der Waals surface area contributed by atoms with E-state index in [1.165, 1.54) is 6.20 Å². The normalized spacial score (nSPS) is 22.9. The molecule has 8 N–H and O–H groups in total. The van der Waals surface area contributed by atoms with Gasteiger partial charge in [-0.15, -0.1) is 0 Å². The summed E-state index contributed by atoms with van der Waals surface area (Å²) in [6, 6.07) is 0. The summed E-state index contributed by atoms with van der Waals surface area (Å²) in [7, 11) is -16.4. The minimum atomic E-state index is -5.61. The van der Waals surface area contributed by atoms with Gasteiger partial charge in [0.2, 0.25) is 0 Å². The van der Waals surface area contributed by atoms with Crippen LogP contribution in [0.15, 0.2) is 11.0 Å². The molecule has 1 saturated heterocycles. The van der Waals surface area contributed by atoms with Crippen LogP contribution in [-0.2, 0) is 31.6 Å². The zero-order chi connectivity index (χ0) is 23.4. The summed E-state index contributed by atoms with van der Waals surface area (Å²) in [5.74, 6) is 5.13. The van der Waals surface area contributed by atoms with Crippen LogP contribution >= 0.6 is 23.5 Å². The molecule has 0 amide bonds. The first kappa shape index (κ1) is 25.8. The maximum Gasteiger partial charge on any atom is 0.490 e. The molecule has 2 heterocycles. The molecular formula is C12H19N4O12P3. The third kappa shape index (κ3) is 8.21. The Hall–Kier alpha value is -1.43. The van der Waals surface area contributed by atoms with Crippen LogP contribution in [0.25, 0.3) is 0 Å². The minimum Gasteiger partial charge on any atom is -0.382 e. The molecule has 31 heavy (non-hydrogen) atoms. The molecule has 0 bridgehead atoms. The molecule has 16 nitrogen and oxygen atoms in total. The van der Waals surface area contributed by atoms with Crippen LogP contribution in [-0.4, -0.2) is 48.4 Å². The highest BCUT2D eigenvalue weighted by atomic mass is 31.3. The highest BCUT2D eigenvalue weighted by Crippen LogP contribution is 2.66. The van der Waals surface area contributed by atoms with Crippen LogP contribution in [0.3, 0.4) is 0 Å². The molecule has 19 heteroatoms. The number of anilines is 1. The number of nitrogens with two attached hydrogens (primary N) is 2. The second kappa shape index (κ2) is 10.0. The fraction of sp³-hybridized carbons (Fsp3) is 0.500. The highest BCUT2D eigenvalue weighted by Gasteiger charge is 2.41. The van der Waals surface area contributed by atoms with Crippen LogP contribution in [0.1, 0.15) is 24.6 Å². The molecule has 0 radical (unpaired) electrons. The van der Waals surface area contributed by atoms with E-state index in [0.29, 0.717) is 0 Å². The summed E-state index contributed by atoms with van der Waals surface area (Å²) in [6.07, 6.45) is 0.134. The highest BCUT2D eigenvalue weighted by molar-refractivity contribution is 7.66. The monoisotopic (exact) mass is 504 g/mol. The predicted octanol–water partition coefficient (Wildman–Crippen LogP) is -0.843. The third-order valence-corrected chi connectivity index (χ3v) is 7.34. The quantitative estimate of drug-likeness (QED) is 0.186. The Morgan fingerprint density at radius 1 is 1.19 bits per heavy atom. The van der Waals surface area contributed by atoms with E-state index in [2.05, 4.69) is 30.0 Å². The molecule has 1 aliphatic heterocycles. The summed E-state index contributed by atoms with van der Waals surface area (Å²) in [4.78, 5) is 51.3. The lowest BCUT2D eigenvalue weighted by atomic mass is 10.2. The Kier molecular flexibility index (Phi) is 8.34. The molecule has 1 fully saturated rings. The maximum atomic E-state index is 12.1. The van der Waals surface area contributed by atoms with Crippen molar-refractivity contribution in [1.29, 1.82) is 0 Å². The van der Waals surface area contributed by atoms with Crippen LogP contribution < -0.4 is 17.2 Å². The zero-order valence-corrected chi connectivity index (χ0v) is 18.2. The van der Waals surface area contributed by atoms with Gasteiger partial charge in [-0.25, -0.2) is 18.5 Å². The van der Waals surface area contributed by atoms with E-state index >= 15 is 0 Å². The fourth-order valence-corrected chi connectivity index (χ4v) is 5.47. The molecular weight excluding hydrogens is 485 g/mol. The van der Waals surface area contributed by atoms with Gasteiger partial charge in [-0.05, 0) is 12.8 Å². The molecule has 1 aromatic rings. The van der Waals surface area contributed by atoms with E-state index in [1.54, 1.807) is 0 Å². The zero-order valence-electron chi connectivity index (χ0n) is 15.5. The van der Waals surface area contributed by atoms with Gasteiger partial charge in [-0.3, -0.25) is 9.09 Å². The van der Waals surface area contributed by atoms with Gasteiger partial charge in [0.25, 0.3) is 0 Å². The first-order chi connectivity index (χ1) is 14.2. The standard InChI is InChI=1S/C12H19N4O12P3/c13-5-1-2-8-6-16(12(17)15-11(8)14)10-4-3-9(26-10)7-25-30(21,22)28-31(23,24)27-29(18,19)20/h6,9-10H,3-5,7,13H2,(H,21,22)(H,23,24)(H2,14,15,17)(H2,18,19,20)/t9?,10-/m1/s1. The Morgan fingerprint density at radius 2 is 1.87 bits per heavy atom. The number of nitrogens with zero attached hydrogens (tertiary/aromatic N) is 2. The first-order valence-corrected chi connectivity index (χ1v) is 12.7. The molecule has 3 unspecified atom stereocenters. The SMILES string of the molecule is NCC#Cc1cn([C@H]2CCC(COP(=O)(O)OP(=O)(O)OP(=O)(O)O)O2)c(=O)nc1N. The third-order valence-electron chi connectivity index (χ3n) is 3.54. The van der Waals surface area contributed by atoms with E-state index in [4.69, 9.17) is 30.9 Å². The predicted molar refractivity (Wildman–Crippen MR) is 102 cm³/mol. The van der Waals surface area contributed by atoms with Crippen molar-refractivity contribution in [2.24, 2.45) is 5.73 Å². The maximum absolute atomic E-state index is 12.1. The second-order valence-electron chi connectivity index (χ2n) is 5.91. The van der Waals surface area contributed by atoms with Crippen LogP contribution in [0, 0.1) is 11.8 Å². The van der Waals surface area contributed by atoms with Gasteiger partial charge in [-0.2, -0.15) is 13.6 Å². The number of ether oxygens (including phenoxy) is 1. The van der Waals surface area contributed by atoms with Gasteiger partial charge in [0.1, 0.15) is 12.0 Å². The summed E-state index contributed by atoms with van der Waals surface area (Å²) >= 11 is 0. The van der Waals surface area contributed by atoms with E-state index < -0.39 is 48.1 Å². The molecule has 1 aromatic heterocycles.